The molecular formula is C44H52Cl2SiZr-2. The molecule has 0 nitrogen and oxygen atoms in total. The summed E-state index contributed by atoms with van der Waals surface area (Å²) in [6.45, 7) is 14.3. The molecule has 48 heavy (non-hydrogen) atoms. The normalized spacial score (nSPS) is 24.4. The van der Waals surface area contributed by atoms with E-state index in [1.165, 1.54) is 60.0 Å². The number of rotatable bonds is 2. The van der Waals surface area contributed by atoms with Gasteiger partial charge in [-0.15, -0.1) is 6.92 Å². The van der Waals surface area contributed by atoms with Gasteiger partial charge in [-0.05, 0) is 30.6 Å². The van der Waals surface area contributed by atoms with E-state index >= 15 is 0 Å². The van der Waals surface area contributed by atoms with E-state index in [4.69, 9.17) is 0 Å². The number of hydrogen-bond acceptors (Lipinski definition) is 0. The molecule has 4 aromatic carbocycles. The van der Waals surface area contributed by atoms with Crippen LogP contribution in [0.4, 0.5) is 0 Å². The van der Waals surface area contributed by atoms with E-state index in [9.17, 15) is 0 Å². The van der Waals surface area contributed by atoms with Gasteiger partial charge in [-0.25, -0.2) is 29.2 Å². The molecule has 0 aromatic heterocycles. The zero-order valence-corrected chi connectivity index (χ0v) is 34.7. The van der Waals surface area contributed by atoms with Gasteiger partial charge in [0.2, 0.25) is 0 Å². The average Bonchev–Trinajstić information content (AvgIpc) is 3.77. The molecule has 252 valence electrons. The Hall–Kier alpha value is -1.70. The molecule has 0 amide bonds. The van der Waals surface area contributed by atoms with E-state index in [0.29, 0.717) is 5.41 Å². The van der Waals surface area contributed by atoms with Crippen LogP contribution in [0.1, 0.15) is 88.0 Å². The third-order valence-electron chi connectivity index (χ3n) is 12.1. The second-order valence-corrected chi connectivity index (χ2v) is 20.7. The molecule has 2 fully saturated rings. The summed E-state index contributed by atoms with van der Waals surface area (Å²) in [5.41, 5.74) is 9.56. The summed E-state index contributed by atoms with van der Waals surface area (Å²) < 4.78 is 0. The maximum absolute atomic E-state index is 2.51. The van der Waals surface area contributed by atoms with Gasteiger partial charge in [-0.3, -0.25) is 0 Å². The van der Waals surface area contributed by atoms with Gasteiger partial charge in [0.1, 0.15) is 0 Å². The first-order chi connectivity index (χ1) is 22.2. The number of allylic oxidation sites excluding steroid dienone is 2. The van der Waals surface area contributed by atoms with Gasteiger partial charge in [0.05, 0.1) is 0 Å². The number of hydrogen-bond donors (Lipinski definition) is 0. The zero-order chi connectivity index (χ0) is 32.4. The Morgan fingerprint density at radius 3 is 1.85 bits per heavy atom. The SMILES string of the molecule is C[C-]1C2=C3Cc4ccccc4C3C3CCCCC3C2CC(C)C1(C)C.Cc1ccc([Si](=[Zr+2])c2ccc(C)cc2)cc1.[Cl-].[Cl-].c1cc[cH-]c1. The molecule has 0 bridgehead atoms. The van der Waals surface area contributed by atoms with Crippen LogP contribution in [-0.4, -0.2) is 5.43 Å². The maximum Gasteiger partial charge on any atom is -0.172 e. The molecule has 2 saturated carbocycles. The van der Waals surface area contributed by atoms with Gasteiger partial charge in [0, 0.05) is 0 Å². The van der Waals surface area contributed by atoms with E-state index in [2.05, 4.69) is 114 Å². The van der Waals surface area contributed by atoms with Crippen LogP contribution in [-0.2, 0) is 29.8 Å². The number of halogens is 2. The van der Waals surface area contributed by atoms with Gasteiger partial charge < -0.3 is 24.8 Å². The topological polar surface area (TPSA) is 0 Å². The van der Waals surface area contributed by atoms with E-state index < -0.39 is 5.43 Å². The van der Waals surface area contributed by atoms with Crippen molar-refractivity contribution in [2.45, 2.75) is 86.0 Å². The molecule has 0 N–H and O–H groups in total. The summed E-state index contributed by atoms with van der Waals surface area (Å²) in [5, 5.41) is 3.05. The molecule has 0 heterocycles. The van der Waals surface area contributed by atoms with Gasteiger partial charge in [0.15, 0.2) is 0 Å². The maximum atomic E-state index is 2.51. The van der Waals surface area contributed by atoms with E-state index in [1.54, 1.807) is 40.4 Å². The van der Waals surface area contributed by atoms with E-state index in [0.717, 1.165) is 29.6 Å². The van der Waals surface area contributed by atoms with Crippen LogP contribution in [0.5, 0.6) is 0 Å². The molecule has 4 aliphatic rings. The monoisotopic (exact) mass is 768 g/mol. The van der Waals surface area contributed by atoms with Crippen LogP contribution in [0.2, 0.25) is 0 Å². The van der Waals surface area contributed by atoms with E-state index in [1.807, 2.05) is 41.5 Å². The standard InChI is InChI=1S/C25H33.C14H14Si.C5H5.2ClH.Zr/c1-15-13-21-19-11-7-8-12-20(19)24-18-10-6-5-9-17(18)14-22(24)23(21)16(2)25(15,3)4;1-11-3-7-13(8-4-11)15-14-9-5-12(2)6-10-14;1-2-4-5-3-1;;;/h5-6,9-10,15,19-21,24H,7-8,11-14H2,1-4H3;3-10H,1-2H3;1-5H;2*1H;/q-1;;-1;;;+2/p-2. The molecule has 0 aliphatic heterocycles. The van der Waals surface area contributed by atoms with Crippen molar-refractivity contribution in [1.29, 1.82) is 0 Å². The second-order valence-electron chi connectivity index (χ2n) is 15.1. The third-order valence-corrected chi connectivity index (χ3v) is 18.2. The van der Waals surface area contributed by atoms with Gasteiger partial charge in [0.25, 0.3) is 0 Å². The minimum absolute atomic E-state index is 0. The van der Waals surface area contributed by atoms with Crippen LogP contribution in [0, 0.1) is 48.9 Å². The fraction of sp³-hybridized carbons (Fsp3) is 0.409. The third kappa shape index (κ3) is 8.09. The molecule has 0 spiro atoms. The molecule has 0 radical (unpaired) electrons. The molecule has 0 saturated heterocycles. The Bertz CT molecular complexity index is 1590. The fourth-order valence-corrected chi connectivity index (χ4v) is 12.7. The minimum Gasteiger partial charge on any atom is -1.00 e. The fourth-order valence-electron chi connectivity index (χ4n) is 8.94. The number of fused-ring (bicyclic) bond motifs is 7. The first-order valence-electron chi connectivity index (χ1n) is 17.7. The summed E-state index contributed by atoms with van der Waals surface area (Å²) in [6, 6.07) is 37.4. The van der Waals surface area contributed by atoms with Crippen molar-refractivity contribution < 1.29 is 48.1 Å². The summed E-state index contributed by atoms with van der Waals surface area (Å²) >= 11 is 1.65. The van der Waals surface area contributed by atoms with Crippen LogP contribution in [0.15, 0.2) is 114 Å². The van der Waals surface area contributed by atoms with Gasteiger partial charge in [-0.2, -0.15) is 18.2 Å². The zero-order valence-electron chi connectivity index (χ0n) is 29.7. The Morgan fingerprint density at radius 1 is 0.771 bits per heavy atom. The molecule has 5 unspecified atom stereocenters. The largest absolute Gasteiger partial charge is 1.00 e. The van der Waals surface area contributed by atoms with E-state index in [-0.39, 0.29) is 24.8 Å². The van der Waals surface area contributed by atoms with Gasteiger partial charge >= 0.3 is 113 Å². The van der Waals surface area contributed by atoms with Crippen molar-refractivity contribution in [2.24, 2.45) is 29.1 Å². The summed E-state index contributed by atoms with van der Waals surface area (Å²) in [4.78, 5) is 0. The Kier molecular flexibility index (Phi) is 13.9. The molecular weight excluding hydrogens is 719 g/mol. The minimum atomic E-state index is -0.488. The van der Waals surface area contributed by atoms with Crippen molar-refractivity contribution in [3.63, 3.8) is 0 Å². The average molecular weight is 771 g/mol. The quantitative estimate of drug-likeness (QED) is 0.213. The Balaban J connectivity index is 0.000000195. The summed E-state index contributed by atoms with van der Waals surface area (Å²) in [6.07, 6.45) is 8.52. The Morgan fingerprint density at radius 2 is 1.31 bits per heavy atom. The Labute approximate surface area is 319 Å². The van der Waals surface area contributed by atoms with Crippen molar-refractivity contribution >= 4 is 15.8 Å². The summed E-state index contributed by atoms with van der Waals surface area (Å²) in [5.74, 6) is 6.00. The van der Waals surface area contributed by atoms with Crippen LogP contribution in [0.25, 0.3) is 0 Å². The second kappa shape index (κ2) is 17.0. The molecule has 4 aliphatic carbocycles. The molecule has 8 rings (SSSR count). The molecule has 4 aromatic rings. The van der Waals surface area contributed by atoms with Gasteiger partial charge in [-0.1, -0.05) is 99.1 Å². The van der Waals surface area contributed by atoms with Crippen molar-refractivity contribution in [3.05, 3.63) is 142 Å². The molecule has 5 atom stereocenters. The molecule has 4 heteroatoms. The number of benzene rings is 3. The van der Waals surface area contributed by atoms with Crippen LogP contribution in [0.3, 0.4) is 0 Å². The first kappa shape index (κ1) is 39.1. The first-order valence-corrected chi connectivity index (χ1v) is 22.9. The van der Waals surface area contributed by atoms with Crippen LogP contribution < -0.4 is 35.2 Å². The van der Waals surface area contributed by atoms with Crippen molar-refractivity contribution in [1.82, 2.24) is 0 Å². The predicted molar refractivity (Wildman–Crippen MR) is 195 cm³/mol. The van der Waals surface area contributed by atoms with Crippen molar-refractivity contribution in [2.75, 3.05) is 0 Å². The van der Waals surface area contributed by atoms with Crippen LogP contribution >= 0.6 is 0 Å². The number of aryl methyl sites for hydroxylation is 2. The van der Waals surface area contributed by atoms with Crippen molar-refractivity contribution in [3.8, 4) is 0 Å². The predicted octanol–water partition coefficient (Wildman–Crippen LogP) is 4.09. The summed E-state index contributed by atoms with van der Waals surface area (Å²) in [7, 11) is 0. The smallest absolute Gasteiger partial charge is 0.172 e.